The average Bonchev–Trinajstić information content (AvgIpc) is 2.45. The molecule has 0 aliphatic rings. The van der Waals surface area contributed by atoms with Gasteiger partial charge in [0.1, 0.15) is 0 Å². The fourth-order valence-corrected chi connectivity index (χ4v) is 2.15. The first-order valence-electron chi connectivity index (χ1n) is 6.74. The highest BCUT2D eigenvalue weighted by atomic mass is 16.6. The van der Waals surface area contributed by atoms with Gasteiger partial charge in [-0.2, -0.15) is 0 Å². The van der Waals surface area contributed by atoms with Gasteiger partial charge in [-0.25, -0.2) is 0 Å². The van der Waals surface area contributed by atoms with Crippen LogP contribution in [0.5, 0.6) is 0 Å². The molecule has 4 heteroatoms. The molecule has 1 heterocycles. The Balaban J connectivity index is 2.21. The highest BCUT2D eigenvalue weighted by Crippen LogP contribution is 2.25. The molecule has 2 rings (SSSR count). The van der Waals surface area contributed by atoms with Crippen molar-refractivity contribution in [3.05, 3.63) is 69.5 Å². The first kappa shape index (κ1) is 14.2. The Morgan fingerprint density at radius 2 is 2.05 bits per heavy atom. The molecule has 0 atom stereocenters. The second-order valence-corrected chi connectivity index (χ2v) is 5.16. The summed E-state index contributed by atoms with van der Waals surface area (Å²) in [5, 5.41) is 11.2. The molecule has 0 bridgehead atoms. The molecule has 0 spiro atoms. The third-order valence-corrected chi connectivity index (χ3v) is 3.38. The molecular formula is C16H18N2O2. The van der Waals surface area contributed by atoms with E-state index in [2.05, 4.69) is 4.98 Å². The number of rotatable bonds is 5. The van der Waals surface area contributed by atoms with Gasteiger partial charge in [0.15, 0.2) is 0 Å². The van der Waals surface area contributed by atoms with Crippen LogP contribution in [0, 0.1) is 10.1 Å². The molecular weight excluding hydrogens is 252 g/mol. The van der Waals surface area contributed by atoms with Crippen LogP contribution in [-0.2, 0) is 12.8 Å². The quantitative estimate of drug-likeness (QED) is 0.611. The smallest absolute Gasteiger partial charge is 0.264 e. The number of aryl methyl sites for hydroxylation is 2. The van der Waals surface area contributed by atoms with Gasteiger partial charge in [0, 0.05) is 24.0 Å². The fourth-order valence-electron chi connectivity index (χ4n) is 2.15. The number of nitro groups is 1. The number of pyridine rings is 1. The molecule has 0 amide bonds. The summed E-state index contributed by atoms with van der Waals surface area (Å²) >= 11 is 0. The molecule has 104 valence electrons. The third kappa shape index (κ3) is 3.41. The summed E-state index contributed by atoms with van der Waals surface area (Å²) in [5.74, 6) is 0.293. The van der Waals surface area contributed by atoms with Gasteiger partial charge in [-0.1, -0.05) is 32.0 Å². The maximum Gasteiger partial charge on any atom is 0.272 e. The second-order valence-electron chi connectivity index (χ2n) is 5.16. The molecule has 1 aromatic carbocycles. The fraction of sp³-hybridized carbons (Fsp3) is 0.312. The van der Waals surface area contributed by atoms with Crippen LogP contribution in [0.15, 0.2) is 42.7 Å². The highest BCUT2D eigenvalue weighted by molar-refractivity contribution is 5.44. The summed E-state index contributed by atoms with van der Waals surface area (Å²) in [5.41, 5.74) is 3.10. The molecule has 0 fully saturated rings. The van der Waals surface area contributed by atoms with Crippen molar-refractivity contribution in [2.75, 3.05) is 0 Å². The van der Waals surface area contributed by atoms with E-state index in [0.29, 0.717) is 12.3 Å². The Bertz CT molecular complexity index is 595. The van der Waals surface area contributed by atoms with Crippen LogP contribution in [-0.4, -0.2) is 9.91 Å². The summed E-state index contributed by atoms with van der Waals surface area (Å²) in [6, 6.07) is 9.43. The molecule has 4 nitrogen and oxygen atoms in total. The number of benzene rings is 1. The van der Waals surface area contributed by atoms with Gasteiger partial charge in [-0.3, -0.25) is 15.1 Å². The van der Waals surface area contributed by atoms with E-state index in [1.165, 1.54) is 0 Å². The zero-order chi connectivity index (χ0) is 14.5. The Morgan fingerprint density at radius 1 is 1.25 bits per heavy atom. The molecule has 0 aliphatic carbocycles. The minimum atomic E-state index is -0.287. The Morgan fingerprint density at radius 3 is 2.65 bits per heavy atom. The summed E-state index contributed by atoms with van der Waals surface area (Å²) in [4.78, 5) is 15.0. The number of nitrogens with zero attached hydrogens (tertiary/aromatic N) is 2. The van der Waals surface area contributed by atoms with Crippen LogP contribution in [0.2, 0.25) is 0 Å². The summed E-state index contributed by atoms with van der Waals surface area (Å²) in [6.07, 6.45) is 4.94. The van der Waals surface area contributed by atoms with Gasteiger partial charge in [-0.15, -0.1) is 0 Å². The van der Waals surface area contributed by atoms with Crippen LogP contribution in [0.3, 0.4) is 0 Å². The molecule has 0 N–H and O–H groups in total. The molecule has 0 unspecified atom stereocenters. The lowest BCUT2D eigenvalue weighted by molar-refractivity contribution is -0.385. The van der Waals surface area contributed by atoms with E-state index in [0.717, 1.165) is 23.1 Å². The average molecular weight is 270 g/mol. The second kappa shape index (κ2) is 6.28. The van der Waals surface area contributed by atoms with Crippen molar-refractivity contribution < 1.29 is 4.92 Å². The van der Waals surface area contributed by atoms with Gasteiger partial charge in [0.05, 0.1) is 4.92 Å². The molecule has 0 radical (unpaired) electrons. The zero-order valence-electron chi connectivity index (χ0n) is 11.7. The van der Waals surface area contributed by atoms with E-state index >= 15 is 0 Å². The maximum atomic E-state index is 11.2. The van der Waals surface area contributed by atoms with Crippen LogP contribution < -0.4 is 0 Å². The topological polar surface area (TPSA) is 56.0 Å². The lowest BCUT2D eigenvalue weighted by atomic mass is 9.97. The van der Waals surface area contributed by atoms with E-state index < -0.39 is 0 Å². The third-order valence-electron chi connectivity index (χ3n) is 3.38. The Kier molecular flexibility index (Phi) is 4.45. The normalized spacial score (nSPS) is 10.8. The molecule has 20 heavy (non-hydrogen) atoms. The van der Waals surface area contributed by atoms with Crippen LogP contribution in [0.25, 0.3) is 0 Å². The van der Waals surface area contributed by atoms with Crippen molar-refractivity contribution in [1.82, 2.24) is 4.98 Å². The van der Waals surface area contributed by atoms with Crippen molar-refractivity contribution >= 4 is 5.69 Å². The first-order valence-corrected chi connectivity index (χ1v) is 6.74. The monoisotopic (exact) mass is 270 g/mol. The molecule has 0 aliphatic heterocycles. The SMILES string of the molecule is CC(C)c1ccc(CCc2cccnc2)c([N+](=O)[O-])c1. The Labute approximate surface area is 118 Å². The minimum Gasteiger partial charge on any atom is -0.264 e. The summed E-state index contributed by atoms with van der Waals surface area (Å²) in [7, 11) is 0. The van der Waals surface area contributed by atoms with Gasteiger partial charge < -0.3 is 0 Å². The lowest BCUT2D eigenvalue weighted by Crippen LogP contribution is -2.00. The van der Waals surface area contributed by atoms with Gasteiger partial charge in [-0.05, 0) is 36.0 Å². The largest absolute Gasteiger partial charge is 0.272 e. The van der Waals surface area contributed by atoms with E-state index in [4.69, 9.17) is 0 Å². The predicted octanol–water partition coefficient (Wildman–Crippen LogP) is 3.90. The van der Waals surface area contributed by atoms with Gasteiger partial charge >= 0.3 is 0 Å². The number of aromatic nitrogens is 1. The van der Waals surface area contributed by atoms with Crippen molar-refractivity contribution in [2.24, 2.45) is 0 Å². The molecule has 0 saturated carbocycles. The lowest BCUT2D eigenvalue weighted by Gasteiger charge is -2.08. The van der Waals surface area contributed by atoms with E-state index in [1.807, 2.05) is 38.1 Å². The highest BCUT2D eigenvalue weighted by Gasteiger charge is 2.15. The van der Waals surface area contributed by atoms with Crippen molar-refractivity contribution in [3.63, 3.8) is 0 Å². The van der Waals surface area contributed by atoms with Crippen molar-refractivity contribution in [2.45, 2.75) is 32.6 Å². The predicted molar refractivity (Wildman–Crippen MR) is 78.8 cm³/mol. The summed E-state index contributed by atoms with van der Waals surface area (Å²) < 4.78 is 0. The van der Waals surface area contributed by atoms with Crippen LogP contribution >= 0.6 is 0 Å². The van der Waals surface area contributed by atoms with Gasteiger partial charge in [0.25, 0.3) is 5.69 Å². The molecule has 0 saturated heterocycles. The molecule has 2 aromatic rings. The minimum absolute atomic E-state index is 0.222. The van der Waals surface area contributed by atoms with Crippen LogP contribution in [0.4, 0.5) is 5.69 Å². The van der Waals surface area contributed by atoms with E-state index in [-0.39, 0.29) is 10.6 Å². The van der Waals surface area contributed by atoms with E-state index in [1.54, 1.807) is 18.5 Å². The first-order chi connectivity index (χ1) is 9.58. The Hall–Kier alpha value is -2.23. The van der Waals surface area contributed by atoms with Crippen molar-refractivity contribution in [1.29, 1.82) is 0 Å². The number of hydrogen-bond acceptors (Lipinski definition) is 3. The maximum absolute atomic E-state index is 11.2. The number of nitro benzene ring substituents is 1. The number of hydrogen-bond donors (Lipinski definition) is 0. The zero-order valence-corrected chi connectivity index (χ0v) is 11.7. The standard InChI is InChI=1S/C16H18N2O2/c1-12(2)15-8-7-14(16(10-15)18(19)20)6-5-13-4-3-9-17-11-13/h3-4,7-12H,5-6H2,1-2H3. The summed E-state index contributed by atoms with van der Waals surface area (Å²) in [6.45, 7) is 4.07. The van der Waals surface area contributed by atoms with Gasteiger partial charge in [0.2, 0.25) is 0 Å². The van der Waals surface area contributed by atoms with Crippen molar-refractivity contribution in [3.8, 4) is 0 Å². The molecule has 1 aromatic heterocycles. The van der Waals surface area contributed by atoms with E-state index in [9.17, 15) is 10.1 Å². The van der Waals surface area contributed by atoms with Crippen LogP contribution in [0.1, 0.15) is 36.5 Å².